The van der Waals surface area contributed by atoms with Crippen molar-refractivity contribution >= 4 is 18.0 Å². The van der Waals surface area contributed by atoms with E-state index in [0.29, 0.717) is 17.1 Å². The number of alkyl halides is 3. The lowest BCUT2D eigenvalue weighted by Crippen LogP contribution is -2.04. The first-order valence-electron chi connectivity index (χ1n) is 5.53. The number of nitrogens with zero attached hydrogens (tertiary/aromatic N) is 1. The van der Waals surface area contributed by atoms with E-state index in [1.165, 1.54) is 6.07 Å². The average molecular weight is 264 g/mol. The van der Waals surface area contributed by atoms with E-state index in [9.17, 15) is 13.2 Å². The Morgan fingerprint density at radius 1 is 1.00 bits per heavy atom. The highest BCUT2D eigenvalue weighted by Crippen LogP contribution is 2.29. The molecule has 0 atom stereocenters. The fourth-order valence-electron chi connectivity index (χ4n) is 1.56. The van der Waals surface area contributed by atoms with Crippen LogP contribution in [0.2, 0.25) is 0 Å². The summed E-state index contributed by atoms with van der Waals surface area (Å²) in [4.78, 5) is 4.03. The van der Waals surface area contributed by atoms with Crippen LogP contribution in [0.25, 0.3) is 12.2 Å². The number of pyridine rings is 1. The van der Waals surface area contributed by atoms with Crippen LogP contribution in [0, 0.1) is 0 Å². The van der Waals surface area contributed by atoms with E-state index in [2.05, 4.69) is 4.98 Å². The number of hydrogen-bond donors (Lipinski definition) is 1. The van der Waals surface area contributed by atoms with Crippen LogP contribution in [0.15, 0.2) is 42.5 Å². The van der Waals surface area contributed by atoms with E-state index in [0.717, 1.165) is 12.1 Å². The van der Waals surface area contributed by atoms with Crippen molar-refractivity contribution in [3.63, 3.8) is 0 Å². The summed E-state index contributed by atoms with van der Waals surface area (Å²) in [5.74, 6) is 0.367. The molecular weight excluding hydrogens is 253 g/mol. The van der Waals surface area contributed by atoms with Gasteiger partial charge in [-0.05, 0) is 35.9 Å². The highest BCUT2D eigenvalue weighted by atomic mass is 19.4. The molecule has 1 aromatic heterocycles. The van der Waals surface area contributed by atoms with Crippen molar-refractivity contribution in [2.45, 2.75) is 6.18 Å². The van der Waals surface area contributed by atoms with Gasteiger partial charge >= 0.3 is 6.18 Å². The molecule has 1 heterocycles. The molecule has 0 saturated heterocycles. The Labute approximate surface area is 108 Å². The third-order valence-electron chi connectivity index (χ3n) is 2.45. The largest absolute Gasteiger partial charge is 0.416 e. The Hall–Kier alpha value is -2.30. The molecule has 1 aromatic carbocycles. The van der Waals surface area contributed by atoms with Crippen molar-refractivity contribution < 1.29 is 13.2 Å². The van der Waals surface area contributed by atoms with E-state index >= 15 is 0 Å². The van der Waals surface area contributed by atoms with Crippen molar-refractivity contribution in [1.82, 2.24) is 4.98 Å². The molecule has 0 bridgehead atoms. The molecule has 19 heavy (non-hydrogen) atoms. The second kappa shape index (κ2) is 5.14. The van der Waals surface area contributed by atoms with Gasteiger partial charge in [-0.25, -0.2) is 4.98 Å². The number of benzene rings is 1. The molecule has 0 unspecified atom stereocenters. The third kappa shape index (κ3) is 3.58. The summed E-state index contributed by atoms with van der Waals surface area (Å²) in [5, 5.41) is 0. The van der Waals surface area contributed by atoms with E-state index in [1.54, 1.807) is 36.4 Å². The lowest BCUT2D eigenvalue weighted by molar-refractivity contribution is -0.137. The molecule has 0 aliphatic heterocycles. The van der Waals surface area contributed by atoms with Gasteiger partial charge in [-0.1, -0.05) is 24.3 Å². The molecule has 0 spiro atoms. The zero-order valence-corrected chi connectivity index (χ0v) is 9.85. The summed E-state index contributed by atoms with van der Waals surface area (Å²) in [5.41, 5.74) is 5.90. The zero-order valence-electron chi connectivity index (χ0n) is 9.85. The normalized spacial score (nSPS) is 11.9. The van der Waals surface area contributed by atoms with Crippen LogP contribution in [0.4, 0.5) is 19.0 Å². The molecule has 5 heteroatoms. The van der Waals surface area contributed by atoms with Crippen LogP contribution in [0.3, 0.4) is 0 Å². The number of anilines is 1. The maximum Gasteiger partial charge on any atom is 0.416 e. The molecule has 2 nitrogen and oxygen atoms in total. The van der Waals surface area contributed by atoms with Gasteiger partial charge in [0.1, 0.15) is 5.82 Å². The van der Waals surface area contributed by atoms with Crippen molar-refractivity contribution in [2.24, 2.45) is 0 Å². The van der Waals surface area contributed by atoms with Crippen LogP contribution in [-0.2, 0) is 6.18 Å². The molecular formula is C14H11F3N2. The SMILES string of the molecule is Nc1cccc(C=Cc2cccc(C(F)(F)F)c2)n1. The van der Waals surface area contributed by atoms with Crippen LogP contribution in [0.5, 0.6) is 0 Å². The first kappa shape index (κ1) is 13.1. The summed E-state index contributed by atoms with van der Waals surface area (Å²) in [6.45, 7) is 0. The topological polar surface area (TPSA) is 38.9 Å². The molecule has 0 aliphatic rings. The summed E-state index contributed by atoms with van der Waals surface area (Å²) in [7, 11) is 0. The molecule has 2 rings (SSSR count). The van der Waals surface area contributed by atoms with E-state index in [4.69, 9.17) is 5.73 Å². The summed E-state index contributed by atoms with van der Waals surface area (Å²) in [6, 6.07) is 10.2. The van der Waals surface area contributed by atoms with Gasteiger partial charge in [-0.15, -0.1) is 0 Å². The van der Waals surface area contributed by atoms with Crippen LogP contribution in [0.1, 0.15) is 16.8 Å². The van der Waals surface area contributed by atoms with Gasteiger partial charge in [0, 0.05) is 0 Å². The number of nitrogens with two attached hydrogens (primary N) is 1. The Bertz CT molecular complexity index is 604. The van der Waals surface area contributed by atoms with Gasteiger partial charge in [-0.3, -0.25) is 0 Å². The first-order valence-corrected chi connectivity index (χ1v) is 5.53. The van der Waals surface area contributed by atoms with Crippen molar-refractivity contribution in [1.29, 1.82) is 0 Å². The van der Waals surface area contributed by atoms with Gasteiger partial charge in [0.25, 0.3) is 0 Å². The lowest BCUT2D eigenvalue weighted by Gasteiger charge is -2.06. The second-order valence-electron chi connectivity index (χ2n) is 3.94. The van der Waals surface area contributed by atoms with Crippen LogP contribution >= 0.6 is 0 Å². The minimum atomic E-state index is -4.33. The highest BCUT2D eigenvalue weighted by molar-refractivity contribution is 5.68. The Morgan fingerprint density at radius 2 is 1.74 bits per heavy atom. The smallest absolute Gasteiger partial charge is 0.384 e. The van der Waals surface area contributed by atoms with Crippen molar-refractivity contribution in [2.75, 3.05) is 5.73 Å². The summed E-state index contributed by atoms with van der Waals surface area (Å²) >= 11 is 0. The minimum absolute atomic E-state index is 0.367. The average Bonchev–Trinajstić information content (AvgIpc) is 2.36. The van der Waals surface area contributed by atoms with E-state index in [-0.39, 0.29) is 0 Å². The third-order valence-corrected chi connectivity index (χ3v) is 2.45. The summed E-state index contributed by atoms with van der Waals surface area (Å²) in [6.07, 6.45) is -1.15. The van der Waals surface area contributed by atoms with Crippen molar-refractivity contribution in [3.05, 3.63) is 59.3 Å². The standard InChI is InChI=1S/C14H11F3N2/c15-14(16,17)11-4-1-3-10(9-11)7-8-12-5-2-6-13(18)19-12/h1-9H,(H2,18,19). The predicted molar refractivity (Wildman–Crippen MR) is 69.0 cm³/mol. The summed E-state index contributed by atoms with van der Waals surface area (Å²) < 4.78 is 37.6. The Kier molecular flexibility index (Phi) is 3.55. The van der Waals surface area contributed by atoms with Crippen LogP contribution in [-0.4, -0.2) is 4.98 Å². The zero-order chi connectivity index (χ0) is 13.9. The van der Waals surface area contributed by atoms with Crippen LogP contribution < -0.4 is 5.73 Å². The molecule has 2 aromatic rings. The number of nitrogen functional groups attached to an aromatic ring is 1. The van der Waals surface area contributed by atoms with Gasteiger partial charge in [0.15, 0.2) is 0 Å². The number of hydrogen-bond acceptors (Lipinski definition) is 2. The first-order chi connectivity index (χ1) is 8.95. The molecule has 0 aliphatic carbocycles. The predicted octanol–water partition coefficient (Wildman–Crippen LogP) is 3.85. The molecule has 0 radical (unpaired) electrons. The number of aromatic nitrogens is 1. The second-order valence-corrected chi connectivity index (χ2v) is 3.94. The minimum Gasteiger partial charge on any atom is -0.384 e. The Morgan fingerprint density at radius 3 is 2.42 bits per heavy atom. The van der Waals surface area contributed by atoms with E-state index < -0.39 is 11.7 Å². The molecule has 98 valence electrons. The fourth-order valence-corrected chi connectivity index (χ4v) is 1.56. The van der Waals surface area contributed by atoms with Gasteiger partial charge in [0.05, 0.1) is 11.3 Å². The molecule has 2 N–H and O–H groups in total. The maximum atomic E-state index is 12.5. The van der Waals surface area contributed by atoms with Gasteiger partial charge < -0.3 is 5.73 Å². The Balaban J connectivity index is 2.24. The fraction of sp³-hybridized carbons (Fsp3) is 0.0714. The maximum absolute atomic E-state index is 12.5. The monoisotopic (exact) mass is 264 g/mol. The molecule has 0 fully saturated rings. The van der Waals surface area contributed by atoms with Crippen molar-refractivity contribution in [3.8, 4) is 0 Å². The highest BCUT2D eigenvalue weighted by Gasteiger charge is 2.30. The molecule has 0 amide bonds. The quantitative estimate of drug-likeness (QED) is 0.894. The van der Waals surface area contributed by atoms with Gasteiger partial charge in [-0.2, -0.15) is 13.2 Å². The number of halogens is 3. The number of rotatable bonds is 2. The molecule has 0 saturated carbocycles. The lowest BCUT2D eigenvalue weighted by atomic mass is 10.1. The van der Waals surface area contributed by atoms with Gasteiger partial charge in [0.2, 0.25) is 0 Å². The van der Waals surface area contributed by atoms with E-state index in [1.807, 2.05) is 0 Å².